The van der Waals surface area contributed by atoms with Crippen molar-refractivity contribution in [3.05, 3.63) is 41.8 Å². The number of nitrogens with one attached hydrogen (secondary N) is 1. The molecule has 1 heterocycles. The first kappa shape index (κ1) is 12.1. The number of amides is 1. The Bertz CT molecular complexity index is 621. The molecule has 0 unspecified atom stereocenters. The van der Waals surface area contributed by atoms with Gasteiger partial charge in [0.15, 0.2) is 0 Å². The second-order valence-electron chi connectivity index (χ2n) is 5.02. The van der Waals surface area contributed by atoms with E-state index in [1.165, 1.54) is 31.2 Å². The summed E-state index contributed by atoms with van der Waals surface area (Å²) in [5, 5.41) is 3.80. The topological polar surface area (TPSA) is 42.0 Å². The van der Waals surface area contributed by atoms with Crippen LogP contribution in [-0.2, 0) is 0 Å². The molecule has 19 heavy (non-hydrogen) atoms. The van der Waals surface area contributed by atoms with Gasteiger partial charge >= 0.3 is 0 Å². The average molecular weight is 258 g/mol. The average Bonchev–Trinajstić information content (AvgIpc) is 2.91. The van der Waals surface area contributed by atoms with Gasteiger partial charge in [-0.15, -0.1) is 0 Å². The number of benzene rings is 1. The van der Waals surface area contributed by atoms with Crippen molar-refractivity contribution in [3.63, 3.8) is 0 Å². The predicted octanol–water partition coefficient (Wildman–Crippen LogP) is 3.05. The standard InChI is InChI=1S/C15H15FN2O/c16-12-6-5-10-7-11(9-17-14(10)8-12)15(19)18-13-3-1-2-4-13/h5-9,13H,1-4H2,(H,18,19). The van der Waals surface area contributed by atoms with Crippen LogP contribution in [0.3, 0.4) is 0 Å². The van der Waals surface area contributed by atoms with Gasteiger partial charge in [0.1, 0.15) is 5.82 Å². The molecule has 1 saturated carbocycles. The lowest BCUT2D eigenvalue weighted by Gasteiger charge is -2.11. The van der Waals surface area contributed by atoms with Gasteiger partial charge in [0.2, 0.25) is 0 Å². The summed E-state index contributed by atoms with van der Waals surface area (Å²) in [7, 11) is 0. The second-order valence-corrected chi connectivity index (χ2v) is 5.02. The Morgan fingerprint density at radius 3 is 2.84 bits per heavy atom. The van der Waals surface area contributed by atoms with Gasteiger partial charge in [0, 0.05) is 23.7 Å². The molecule has 1 aromatic heterocycles. The molecule has 1 aliphatic carbocycles. The highest BCUT2D eigenvalue weighted by atomic mass is 19.1. The zero-order chi connectivity index (χ0) is 13.2. The fourth-order valence-electron chi connectivity index (χ4n) is 2.56. The number of carbonyl (C=O) groups is 1. The van der Waals surface area contributed by atoms with Crippen molar-refractivity contribution in [1.29, 1.82) is 0 Å². The summed E-state index contributed by atoms with van der Waals surface area (Å²) in [6.45, 7) is 0. The molecule has 4 heteroatoms. The van der Waals surface area contributed by atoms with E-state index in [-0.39, 0.29) is 17.8 Å². The van der Waals surface area contributed by atoms with Crippen LogP contribution in [0.25, 0.3) is 10.9 Å². The van der Waals surface area contributed by atoms with Gasteiger partial charge in [-0.3, -0.25) is 9.78 Å². The first-order valence-electron chi connectivity index (χ1n) is 6.58. The van der Waals surface area contributed by atoms with E-state index in [4.69, 9.17) is 0 Å². The molecule has 0 radical (unpaired) electrons. The minimum Gasteiger partial charge on any atom is -0.349 e. The normalized spacial score (nSPS) is 15.8. The SMILES string of the molecule is O=C(NC1CCCC1)c1cnc2cc(F)ccc2c1. The molecular formula is C15H15FN2O. The van der Waals surface area contributed by atoms with Gasteiger partial charge in [-0.05, 0) is 31.0 Å². The fourth-order valence-corrected chi connectivity index (χ4v) is 2.56. The smallest absolute Gasteiger partial charge is 0.253 e. The van der Waals surface area contributed by atoms with E-state index >= 15 is 0 Å². The maximum Gasteiger partial charge on any atom is 0.253 e. The van der Waals surface area contributed by atoms with Crippen LogP contribution in [0.15, 0.2) is 30.5 Å². The molecule has 0 spiro atoms. The molecule has 1 aliphatic rings. The number of rotatable bonds is 2. The summed E-state index contributed by atoms with van der Waals surface area (Å²) in [6, 6.07) is 6.43. The minimum absolute atomic E-state index is 0.0920. The second kappa shape index (κ2) is 4.96. The zero-order valence-corrected chi connectivity index (χ0v) is 10.5. The molecule has 0 bridgehead atoms. The number of nitrogens with zero attached hydrogens (tertiary/aromatic N) is 1. The minimum atomic E-state index is -0.317. The van der Waals surface area contributed by atoms with Crippen LogP contribution in [0.1, 0.15) is 36.0 Å². The van der Waals surface area contributed by atoms with Crippen molar-refractivity contribution in [1.82, 2.24) is 10.3 Å². The summed E-state index contributed by atoms with van der Waals surface area (Å²) in [4.78, 5) is 16.2. The van der Waals surface area contributed by atoms with Crippen molar-refractivity contribution < 1.29 is 9.18 Å². The predicted molar refractivity (Wildman–Crippen MR) is 71.4 cm³/mol. The highest BCUT2D eigenvalue weighted by molar-refractivity contribution is 5.97. The van der Waals surface area contributed by atoms with Crippen molar-refractivity contribution in [2.75, 3.05) is 0 Å². The van der Waals surface area contributed by atoms with Crippen LogP contribution in [0.2, 0.25) is 0 Å². The monoisotopic (exact) mass is 258 g/mol. The Morgan fingerprint density at radius 2 is 2.05 bits per heavy atom. The van der Waals surface area contributed by atoms with Gasteiger partial charge in [-0.1, -0.05) is 12.8 Å². The van der Waals surface area contributed by atoms with E-state index in [2.05, 4.69) is 10.3 Å². The summed E-state index contributed by atoms with van der Waals surface area (Å²) in [6.07, 6.45) is 5.97. The third-order valence-electron chi connectivity index (χ3n) is 3.60. The Labute approximate surface area is 110 Å². The Hall–Kier alpha value is -1.97. The largest absolute Gasteiger partial charge is 0.349 e. The van der Waals surface area contributed by atoms with E-state index in [1.54, 1.807) is 12.1 Å². The molecule has 3 rings (SSSR count). The number of hydrogen-bond acceptors (Lipinski definition) is 2. The summed E-state index contributed by atoms with van der Waals surface area (Å²) in [5.74, 6) is -0.409. The molecule has 3 nitrogen and oxygen atoms in total. The van der Waals surface area contributed by atoms with Gasteiger partial charge in [0.25, 0.3) is 5.91 Å². The van der Waals surface area contributed by atoms with Crippen molar-refractivity contribution in [2.24, 2.45) is 0 Å². The van der Waals surface area contributed by atoms with Crippen molar-refractivity contribution >= 4 is 16.8 Å². The number of fused-ring (bicyclic) bond motifs is 1. The van der Waals surface area contributed by atoms with Gasteiger partial charge in [0.05, 0.1) is 11.1 Å². The van der Waals surface area contributed by atoms with Crippen LogP contribution < -0.4 is 5.32 Å². The molecule has 0 atom stereocenters. The lowest BCUT2D eigenvalue weighted by molar-refractivity contribution is 0.0937. The van der Waals surface area contributed by atoms with Crippen LogP contribution in [0, 0.1) is 5.82 Å². The fraction of sp³-hybridized carbons (Fsp3) is 0.333. The Kier molecular flexibility index (Phi) is 3.15. The summed E-state index contributed by atoms with van der Waals surface area (Å²) >= 11 is 0. The lowest BCUT2D eigenvalue weighted by atomic mass is 10.1. The van der Waals surface area contributed by atoms with E-state index in [0.29, 0.717) is 11.1 Å². The number of halogens is 1. The number of pyridine rings is 1. The molecule has 1 aromatic carbocycles. The molecule has 1 N–H and O–H groups in total. The van der Waals surface area contributed by atoms with Crippen LogP contribution in [0.4, 0.5) is 4.39 Å². The quantitative estimate of drug-likeness (QED) is 0.899. The zero-order valence-electron chi connectivity index (χ0n) is 10.5. The molecule has 0 aliphatic heterocycles. The van der Waals surface area contributed by atoms with Crippen molar-refractivity contribution in [3.8, 4) is 0 Å². The third-order valence-corrected chi connectivity index (χ3v) is 3.60. The number of carbonyl (C=O) groups excluding carboxylic acids is 1. The number of aromatic nitrogens is 1. The molecule has 1 amide bonds. The highest BCUT2D eigenvalue weighted by Crippen LogP contribution is 2.19. The molecule has 2 aromatic rings. The van der Waals surface area contributed by atoms with Gasteiger partial charge < -0.3 is 5.32 Å². The summed E-state index contributed by atoms with van der Waals surface area (Å²) < 4.78 is 13.0. The molecule has 1 fully saturated rings. The van der Waals surface area contributed by atoms with Crippen LogP contribution in [0.5, 0.6) is 0 Å². The Morgan fingerprint density at radius 1 is 1.26 bits per heavy atom. The van der Waals surface area contributed by atoms with Gasteiger partial charge in [-0.2, -0.15) is 0 Å². The molecule has 98 valence electrons. The first-order chi connectivity index (χ1) is 9.22. The lowest BCUT2D eigenvalue weighted by Crippen LogP contribution is -2.32. The van der Waals surface area contributed by atoms with E-state index in [9.17, 15) is 9.18 Å². The maximum absolute atomic E-state index is 13.0. The van der Waals surface area contributed by atoms with E-state index in [1.807, 2.05) is 0 Å². The molecular weight excluding hydrogens is 243 g/mol. The number of hydrogen-bond donors (Lipinski definition) is 1. The highest BCUT2D eigenvalue weighted by Gasteiger charge is 2.18. The summed E-state index contributed by atoms with van der Waals surface area (Å²) in [5.41, 5.74) is 1.10. The maximum atomic E-state index is 13.0. The van der Waals surface area contributed by atoms with Gasteiger partial charge in [-0.25, -0.2) is 4.39 Å². The van der Waals surface area contributed by atoms with Crippen LogP contribution in [-0.4, -0.2) is 16.9 Å². The van der Waals surface area contributed by atoms with Crippen molar-refractivity contribution in [2.45, 2.75) is 31.7 Å². The van der Waals surface area contributed by atoms with E-state index in [0.717, 1.165) is 18.2 Å². The Balaban J connectivity index is 1.83. The third kappa shape index (κ3) is 2.57. The molecule has 0 saturated heterocycles. The van der Waals surface area contributed by atoms with E-state index < -0.39 is 0 Å². The first-order valence-corrected chi connectivity index (χ1v) is 6.58. The van der Waals surface area contributed by atoms with Crippen LogP contribution >= 0.6 is 0 Å².